The van der Waals surface area contributed by atoms with E-state index in [-0.39, 0.29) is 25.0 Å². The van der Waals surface area contributed by atoms with Crippen molar-refractivity contribution in [3.05, 3.63) is 45.9 Å². The number of aromatic nitrogens is 2. The first kappa shape index (κ1) is 20.9. The van der Waals surface area contributed by atoms with Crippen LogP contribution in [0.25, 0.3) is 0 Å². The van der Waals surface area contributed by atoms with Crippen LogP contribution in [0.1, 0.15) is 13.3 Å². The summed E-state index contributed by atoms with van der Waals surface area (Å²) in [4.78, 5) is 17.9. The molecule has 1 aromatic carbocycles. The minimum absolute atomic E-state index is 0. The maximum Gasteiger partial charge on any atom is 0.329 e. The highest BCUT2D eigenvalue weighted by Crippen LogP contribution is 2.35. The molecule has 132 valence electrons. The van der Waals surface area contributed by atoms with Crippen molar-refractivity contribution < 1.29 is 9.53 Å². The molecule has 0 bridgehead atoms. The summed E-state index contributed by atoms with van der Waals surface area (Å²) in [7, 11) is 0. The standard InChI is InChI=1S/C15H16Cl3N3O2.ClH/c1-2-4-20(15(22)21-5-3-19-10-21)6-7-23-14-12(17)8-11(16)9-13(14)18;/h3,5,8-10H,2,4,6-7H2,1H3;1H. The van der Waals surface area contributed by atoms with Gasteiger partial charge in [-0.2, -0.15) is 0 Å². The average molecular weight is 413 g/mol. The molecule has 0 atom stereocenters. The highest BCUT2D eigenvalue weighted by Gasteiger charge is 2.15. The topological polar surface area (TPSA) is 47.4 Å². The molecule has 1 amide bonds. The summed E-state index contributed by atoms with van der Waals surface area (Å²) in [5, 5.41) is 1.12. The maximum atomic E-state index is 12.3. The Balaban J connectivity index is 0.00000288. The third-order valence-corrected chi connectivity index (χ3v) is 3.84. The van der Waals surface area contributed by atoms with E-state index in [9.17, 15) is 4.79 Å². The first-order valence-electron chi connectivity index (χ1n) is 7.07. The summed E-state index contributed by atoms with van der Waals surface area (Å²) in [6.45, 7) is 3.28. The quantitative estimate of drug-likeness (QED) is 0.668. The van der Waals surface area contributed by atoms with E-state index in [1.165, 1.54) is 10.9 Å². The van der Waals surface area contributed by atoms with Crippen LogP contribution in [0.4, 0.5) is 4.79 Å². The van der Waals surface area contributed by atoms with E-state index in [4.69, 9.17) is 39.5 Å². The summed E-state index contributed by atoms with van der Waals surface area (Å²) in [6.07, 6.45) is 5.48. The van der Waals surface area contributed by atoms with Gasteiger partial charge in [-0.3, -0.25) is 4.57 Å². The van der Waals surface area contributed by atoms with Gasteiger partial charge in [0.05, 0.1) is 16.6 Å². The Morgan fingerprint density at radius 1 is 1.25 bits per heavy atom. The van der Waals surface area contributed by atoms with Gasteiger partial charge in [0, 0.05) is 24.0 Å². The van der Waals surface area contributed by atoms with E-state index >= 15 is 0 Å². The number of carbonyl (C=O) groups is 1. The molecule has 0 unspecified atom stereocenters. The zero-order valence-electron chi connectivity index (χ0n) is 12.9. The van der Waals surface area contributed by atoms with E-state index in [0.29, 0.717) is 33.9 Å². The third kappa shape index (κ3) is 5.45. The number of imidazole rings is 1. The van der Waals surface area contributed by atoms with Gasteiger partial charge in [0.15, 0.2) is 5.75 Å². The number of carbonyl (C=O) groups excluding carboxylic acids is 1. The second kappa shape index (κ2) is 9.99. The van der Waals surface area contributed by atoms with Gasteiger partial charge in [0.1, 0.15) is 12.9 Å². The Kier molecular flexibility index (Phi) is 8.70. The molecule has 1 heterocycles. The second-order valence-electron chi connectivity index (χ2n) is 4.79. The molecular weight excluding hydrogens is 396 g/mol. The summed E-state index contributed by atoms with van der Waals surface area (Å²) in [6, 6.07) is 2.97. The number of nitrogens with zero attached hydrogens (tertiary/aromatic N) is 3. The van der Waals surface area contributed by atoms with Gasteiger partial charge in [0.25, 0.3) is 0 Å². The molecule has 0 saturated heterocycles. The van der Waals surface area contributed by atoms with Gasteiger partial charge >= 0.3 is 6.03 Å². The SMILES string of the molecule is CCCN(CCOc1c(Cl)cc(Cl)cc1Cl)C(=O)n1ccnc1.Cl. The highest BCUT2D eigenvalue weighted by atomic mass is 35.5. The molecule has 0 aliphatic heterocycles. The number of benzene rings is 1. The van der Waals surface area contributed by atoms with Gasteiger partial charge in [-0.25, -0.2) is 9.78 Å². The third-order valence-electron chi connectivity index (χ3n) is 3.06. The first-order chi connectivity index (χ1) is 11.0. The summed E-state index contributed by atoms with van der Waals surface area (Å²) >= 11 is 18.0. The number of rotatable bonds is 6. The van der Waals surface area contributed by atoms with Crippen molar-refractivity contribution in [3.8, 4) is 5.75 Å². The van der Waals surface area contributed by atoms with E-state index in [0.717, 1.165) is 6.42 Å². The van der Waals surface area contributed by atoms with Gasteiger partial charge in [0.2, 0.25) is 0 Å². The molecule has 0 saturated carbocycles. The molecule has 0 fully saturated rings. The minimum Gasteiger partial charge on any atom is -0.489 e. The van der Waals surface area contributed by atoms with Crippen molar-refractivity contribution in [1.82, 2.24) is 14.5 Å². The molecular formula is C15H17Cl4N3O2. The van der Waals surface area contributed by atoms with Crippen LogP contribution >= 0.6 is 47.2 Å². The number of hydrogen-bond donors (Lipinski definition) is 0. The highest BCUT2D eigenvalue weighted by molar-refractivity contribution is 6.40. The monoisotopic (exact) mass is 411 g/mol. The lowest BCUT2D eigenvalue weighted by Gasteiger charge is -2.22. The van der Waals surface area contributed by atoms with Gasteiger partial charge < -0.3 is 9.64 Å². The molecule has 0 radical (unpaired) electrons. The number of ether oxygens (including phenoxy) is 1. The Labute approximate surface area is 161 Å². The largest absolute Gasteiger partial charge is 0.489 e. The van der Waals surface area contributed by atoms with Crippen molar-refractivity contribution >= 4 is 53.2 Å². The summed E-state index contributed by atoms with van der Waals surface area (Å²) < 4.78 is 7.05. The lowest BCUT2D eigenvalue weighted by molar-refractivity contribution is 0.184. The predicted octanol–water partition coefficient (Wildman–Crippen LogP) is 5.02. The van der Waals surface area contributed by atoms with Crippen molar-refractivity contribution in [1.29, 1.82) is 0 Å². The molecule has 1 aromatic heterocycles. The fraction of sp³-hybridized carbons (Fsp3) is 0.333. The molecule has 5 nitrogen and oxygen atoms in total. The van der Waals surface area contributed by atoms with Crippen LogP contribution in [0.15, 0.2) is 30.9 Å². The van der Waals surface area contributed by atoms with Crippen LogP contribution in [-0.2, 0) is 0 Å². The smallest absolute Gasteiger partial charge is 0.329 e. The summed E-state index contributed by atoms with van der Waals surface area (Å²) in [5.74, 6) is 0.365. The molecule has 24 heavy (non-hydrogen) atoms. The van der Waals surface area contributed by atoms with Crippen molar-refractivity contribution in [2.24, 2.45) is 0 Å². The fourth-order valence-electron chi connectivity index (χ4n) is 2.03. The molecule has 2 rings (SSSR count). The van der Waals surface area contributed by atoms with Crippen molar-refractivity contribution in [2.75, 3.05) is 19.7 Å². The van der Waals surface area contributed by atoms with Crippen LogP contribution in [-0.4, -0.2) is 40.2 Å². The molecule has 2 aromatic rings. The van der Waals surface area contributed by atoms with E-state index in [1.807, 2.05) is 6.92 Å². The van der Waals surface area contributed by atoms with Gasteiger partial charge in [-0.1, -0.05) is 41.7 Å². The zero-order chi connectivity index (χ0) is 16.8. The van der Waals surface area contributed by atoms with Crippen LogP contribution in [0.2, 0.25) is 15.1 Å². The normalized spacial score (nSPS) is 10.2. The zero-order valence-corrected chi connectivity index (χ0v) is 16.0. The lowest BCUT2D eigenvalue weighted by Crippen LogP contribution is -2.37. The molecule has 0 N–H and O–H groups in total. The van der Waals surface area contributed by atoms with Crippen LogP contribution in [0, 0.1) is 0 Å². The van der Waals surface area contributed by atoms with Crippen LogP contribution < -0.4 is 4.74 Å². The second-order valence-corrected chi connectivity index (χ2v) is 6.04. The predicted molar refractivity (Wildman–Crippen MR) is 99.1 cm³/mol. The average Bonchev–Trinajstić information content (AvgIpc) is 3.02. The van der Waals surface area contributed by atoms with Crippen LogP contribution in [0.3, 0.4) is 0 Å². The molecule has 0 spiro atoms. The molecule has 9 heteroatoms. The van der Waals surface area contributed by atoms with E-state index < -0.39 is 0 Å². The Morgan fingerprint density at radius 2 is 1.92 bits per heavy atom. The number of halogens is 4. The minimum atomic E-state index is -0.152. The number of amides is 1. The first-order valence-corrected chi connectivity index (χ1v) is 8.21. The van der Waals surface area contributed by atoms with Crippen molar-refractivity contribution in [3.63, 3.8) is 0 Å². The Morgan fingerprint density at radius 3 is 2.46 bits per heavy atom. The van der Waals surface area contributed by atoms with Gasteiger partial charge in [-0.05, 0) is 18.6 Å². The van der Waals surface area contributed by atoms with Crippen LogP contribution in [0.5, 0.6) is 5.75 Å². The van der Waals surface area contributed by atoms with E-state index in [2.05, 4.69) is 4.98 Å². The Hall–Kier alpha value is -1.14. The van der Waals surface area contributed by atoms with E-state index in [1.54, 1.807) is 29.4 Å². The Bertz CT molecular complexity index is 642. The maximum absolute atomic E-state index is 12.3. The lowest BCUT2D eigenvalue weighted by atomic mass is 10.3. The van der Waals surface area contributed by atoms with Gasteiger partial charge in [-0.15, -0.1) is 12.4 Å². The molecule has 0 aliphatic carbocycles. The fourth-order valence-corrected chi connectivity index (χ4v) is 2.96. The van der Waals surface area contributed by atoms with Crippen molar-refractivity contribution in [2.45, 2.75) is 13.3 Å². The number of hydrogen-bond acceptors (Lipinski definition) is 3. The molecule has 0 aliphatic rings. The summed E-state index contributed by atoms with van der Waals surface area (Å²) in [5.41, 5.74) is 0.